The van der Waals surface area contributed by atoms with Gasteiger partial charge in [-0.25, -0.2) is 0 Å². The number of nitrogens with one attached hydrogen (secondary N) is 1. The van der Waals surface area contributed by atoms with Crippen LogP contribution >= 0.6 is 11.6 Å². The maximum atomic E-state index is 6.28. The Labute approximate surface area is 126 Å². The van der Waals surface area contributed by atoms with Crippen molar-refractivity contribution in [3.63, 3.8) is 0 Å². The highest BCUT2D eigenvalue weighted by atomic mass is 35.5. The zero-order chi connectivity index (χ0) is 14.4. The van der Waals surface area contributed by atoms with Crippen LogP contribution < -0.4 is 5.32 Å². The molecule has 3 heteroatoms. The third kappa shape index (κ3) is 3.59. The minimum atomic E-state index is 0.0457. The highest BCUT2D eigenvalue weighted by Gasteiger charge is 2.17. The molecule has 0 amide bonds. The van der Waals surface area contributed by atoms with E-state index >= 15 is 0 Å². The van der Waals surface area contributed by atoms with E-state index in [0.717, 1.165) is 18.7 Å². The van der Waals surface area contributed by atoms with E-state index in [1.54, 1.807) is 6.20 Å². The van der Waals surface area contributed by atoms with E-state index in [2.05, 4.69) is 48.4 Å². The zero-order valence-corrected chi connectivity index (χ0v) is 12.8. The molecule has 2 nitrogen and oxygen atoms in total. The van der Waals surface area contributed by atoms with E-state index in [1.807, 2.05) is 12.1 Å². The molecule has 0 saturated heterocycles. The van der Waals surface area contributed by atoms with E-state index in [9.17, 15) is 0 Å². The molecule has 2 aromatic rings. The predicted molar refractivity (Wildman–Crippen MR) is 85.2 cm³/mol. The largest absolute Gasteiger partial charge is 0.305 e. The van der Waals surface area contributed by atoms with Crippen LogP contribution in [0, 0.1) is 0 Å². The molecule has 1 aromatic carbocycles. The summed E-state index contributed by atoms with van der Waals surface area (Å²) in [7, 11) is 0. The molecule has 0 aliphatic rings. The Morgan fingerprint density at radius 3 is 2.50 bits per heavy atom. The Balaban J connectivity index is 2.31. The summed E-state index contributed by atoms with van der Waals surface area (Å²) in [6, 6.07) is 12.5. The van der Waals surface area contributed by atoms with Gasteiger partial charge in [-0.05, 0) is 36.2 Å². The van der Waals surface area contributed by atoms with Crippen molar-refractivity contribution in [1.29, 1.82) is 0 Å². The summed E-state index contributed by atoms with van der Waals surface area (Å²) in [5.74, 6) is 0. The minimum Gasteiger partial charge on any atom is -0.305 e. The van der Waals surface area contributed by atoms with Crippen molar-refractivity contribution in [3.8, 4) is 0 Å². The Hall–Kier alpha value is -1.38. The fraction of sp³-hybridized carbons (Fsp3) is 0.353. The molecule has 0 aliphatic carbocycles. The van der Waals surface area contributed by atoms with Gasteiger partial charge >= 0.3 is 0 Å². The molecule has 0 radical (unpaired) electrons. The number of nitrogens with zero attached hydrogens (tertiary/aromatic N) is 1. The number of hydrogen-bond donors (Lipinski definition) is 1. The molecule has 1 atom stereocenters. The van der Waals surface area contributed by atoms with Crippen molar-refractivity contribution < 1.29 is 0 Å². The predicted octanol–water partition coefficient (Wildman–Crippen LogP) is 4.39. The molecule has 1 unspecified atom stereocenters. The monoisotopic (exact) mass is 288 g/mol. The minimum absolute atomic E-state index is 0.0457. The molecule has 1 N–H and O–H groups in total. The Bertz CT molecular complexity index is 537. The first-order valence-electron chi connectivity index (χ1n) is 7.18. The second-order valence-electron chi connectivity index (χ2n) is 4.85. The zero-order valence-electron chi connectivity index (χ0n) is 12.1. The first-order valence-corrected chi connectivity index (χ1v) is 7.56. The Kier molecular flexibility index (Phi) is 5.57. The number of aromatic nitrogens is 1. The second-order valence-corrected chi connectivity index (χ2v) is 5.26. The molecular formula is C17H21ClN2. The van der Waals surface area contributed by atoms with Crippen LogP contribution in [0.15, 0.2) is 42.6 Å². The molecule has 0 aliphatic heterocycles. The van der Waals surface area contributed by atoms with E-state index in [-0.39, 0.29) is 6.04 Å². The van der Waals surface area contributed by atoms with Crippen molar-refractivity contribution in [2.75, 3.05) is 6.54 Å². The summed E-state index contributed by atoms with van der Waals surface area (Å²) >= 11 is 6.28. The number of hydrogen-bond acceptors (Lipinski definition) is 2. The average molecular weight is 289 g/mol. The van der Waals surface area contributed by atoms with Crippen LogP contribution in [-0.4, -0.2) is 11.5 Å². The van der Waals surface area contributed by atoms with E-state index in [4.69, 9.17) is 11.6 Å². The van der Waals surface area contributed by atoms with Gasteiger partial charge in [0.05, 0.1) is 16.8 Å². The Morgan fingerprint density at radius 1 is 1.15 bits per heavy atom. The molecule has 1 aromatic heterocycles. The smallest absolute Gasteiger partial charge is 0.0804 e. The van der Waals surface area contributed by atoms with Gasteiger partial charge < -0.3 is 5.32 Å². The summed E-state index contributed by atoms with van der Waals surface area (Å²) in [4.78, 5) is 4.44. The molecule has 106 valence electrons. The lowest BCUT2D eigenvalue weighted by Crippen LogP contribution is -2.23. The van der Waals surface area contributed by atoms with E-state index < -0.39 is 0 Å². The van der Waals surface area contributed by atoms with Crippen LogP contribution in [-0.2, 0) is 6.42 Å². The van der Waals surface area contributed by atoms with E-state index in [0.29, 0.717) is 5.02 Å². The van der Waals surface area contributed by atoms with Crippen molar-refractivity contribution in [2.24, 2.45) is 0 Å². The van der Waals surface area contributed by atoms with Gasteiger partial charge in [-0.2, -0.15) is 0 Å². The summed E-state index contributed by atoms with van der Waals surface area (Å²) < 4.78 is 0. The summed E-state index contributed by atoms with van der Waals surface area (Å²) in [5.41, 5.74) is 3.46. The molecule has 2 rings (SSSR count). The molecule has 0 fully saturated rings. The van der Waals surface area contributed by atoms with Crippen molar-refractivity contribution in [1.82, 2.24) is 10.3 Å². The van der Waals surface area contributed by atoms with Crippen LogP contribution in [0.1, 0.15) is 43.1 Å². The van der Waals surface area contributed by atoms with Gasteiger partial charge in [-0.1, -0.05) is 56.1 Å². The van der Waals surface area contributed by atoms with Crippen molar-refractivity contribution >= 4 is 11.6 Å². The van der Waals surface area contributed by atoms with Crippen molar-refractivity contribution in [3.05, 3.63) is 64.4 Å². The Morgan fingerprint density at radius 2 is 1.90 bits per heavy atom. The molecule has 1 heterocycles. The normalized spacial score (nSPS) is 12.3. The quantitative estimate of drug-likeness (QED) is 0.853. The first-order chi connectivity index (χ1) is 9.76. The molecule has 0 bridgehead atoms. The number of halogens is 1. The van der Waals surface area contributed by atoms with Crippen LogP contribution in [0.3, 0.4) is 0 Å². The van der Waals surface area contributed by atoms with Gasteiger partial charge in [0.2, 0.25) is 0 Å². The number of aryl methyl sites for hydroxylation is 1. The number of benzene rings is 1. The standard InChI is InChI=1S/C17H21ClN2/c1-3-6-13-8-10-14(11-9-13)16(19-4-2)17-15(18)7-5-12-20-17/h5,7-12,16,19H,3-4,6H2,1-2H3. The maximum Gasteiger partial charge on any atom is 0.0804 e. The molecular weight excluding hydrogens is 268 g/mol. The fourth-order valence-corrected chi connectivity index (χ4v) is 2.58. The van der Waals surface area contributed by atoms with Gasteiger partial charge in [0.25, 0.3) is 0 Å². The third-order valence-corrected chi connectivity index (χ3v) is 3.64. The SMILES string of the molecule is CCCc1ccc(C(NCC)c2ncccc2Cl)cc1. The van der Waals surface area contributed by atoms with Gasteiger partial charge in [-0.3, -0.25) is 4.98 Å². The van der Waals surface area contributed by atoms with Crippen molar-refractivity contribution in [2.45, 2.75) is 32.7 Å². The molecule has 0 spiro atoms. The van der Waals surface area contributed by atoms with Gasteiger partial charge in [0.15, 0.2) is 0 Å². The lowest BCUT2D eigenvalue weighted by molar-refractivity contribution is 0.615. The van der Waals surface area contributed by atoms with Crippen LogP contribution in [0.25, 0.3) is 0 Å². The van der Waals surface area contributed by atoms with Gasteiger partial charge in [0, 0.05) is 6.20 Å². The van der Waals surface area contributed by atoms with E-state index in [1.165, 1.54) is 17.5 Å². The second kappa shape index (κ2) is 7.41. The van der Waals surface area contributed by atoms with Gasteiger partial charge in [-0.15, -0.1) is 0 Å². The third-order valence-electron chi connectivity index (χ3n) is 3.32. The number of pyridine rings is 1. The molecule has 0 saturated carbocycles. The van der Waals surface area contributed by atoms with Crippen LogP contribution in [0.2, 0.25) is 5.02 Å². The lowest BCUT2D eigenvalue weighted by Gasteiger charge is -2.19. The maximum absolute atomic E-state index is 6.28. The van der Waals surface area contributed by atoms with Crippen LogP contribution in [0.4, 0.5) is 0 Å². The first kappa shape index (κ1) is 15.0. The lowest BCUT2D eigenvalue weighted by atomic mass is 10.00. The fourth-order valence-electron chi connectivity index (χ4n) is 2.35. The summed E-state index contributed by atoms with van der Waals surface area (Å²) in [6.45, 7) is 5.16. The topological polar surface area (TPSA) is 24.9 Å². The molecule has 20 heavy (non-hydrogen) atoms. The van der Waals surface area contributed by atoms with Gasteiger partial charge in [0.1, 0.15) is 0 Å². The average Bonchev–Trinajstić information content (AvgIpc) is 2.47. The van der Waals surface area contributed by atoms with Crippen LogP contribution in [0.5, 0.6) is 0 Å². The highest BCUT2D eigenvalue weighted by Crippen LogP contribution is 2.26. The highest BCUT2D eigenvalue weighted by molar-refractivity contribution is 6.31. The summed E-state index contributed by atoms with van der Waals surface area (Å²) in [6.07, 6.45) is 4.08. The summed E-state index contributed by atoms with van der Waals surface area (Å²) in [5, 5.41) is 4.17. The number of rotatable bonds is 6.